The van der Waals surface area contributed by atoms with Gasteiger partial charge in [-0.2, -0.15) is 0 Å². The topological polar surface area (TPSA) is 206 Å². The van der Waals surface area contributed by atoms with Crippen LogP contribution in [0.15, 0.2) is 48.6 Å². The predicted octanol–water partition coefficient (Wildman–Crippen LogP) is 8.70. The molecule has 1 fully saturated rings. The predicted molar refractivity (Wildman–Crippen MR) is 234 cm³/mol. The van der Waals surface area contributed by atoms with Crippen molar-refractivity contribution in [2.24, 2.45) is 11.8 Å². The number of hydrogen-bond acceptors (Lipinski definition) is 12. The molecule has 0 aromatic carbocycles. The van der Waals surface area contributed by atoms with E-state index < -0.39 is 70.6 Å². The highest BCUT2D eigenvalue weighted by Gasteiger charge is 2.39. The summed E-state index contributed by atoms with van der Waals surface area (Å²) in [7, 11) is -4.69. The first kappa shape index (κ1) is 55.5. The van der Waals surface area contributed by atoms with Gasteiger partial charge in [0.05, 0.1) is 32.0 Å². The number of hydrogen-bond donors (Lipinski definition) is 5. The number of carbonyl (C=O) groups is 3. The van der Waals surface area contributed by atoms with E-state index in [-0.39, 0.29) is 36.9 Å². The van der Waals surface area contributed by atoms with E-state index in [2.05, 4.69) is 54.8 Å². The molecule has 0 heterocycles. The lowest BCUT2D eigenvalue weighted by Crippen LogP contribution is -2.29. The minimum atomic E-state index is -4.69. The number of Topliss-reactive ketones (excluding diaryl/α,β-unsaturated/α-hetero) is 1. The van der Waals surface area contributed by atoms with Gasteiger partial charge >= 0.3 is 19.8 Å². The first-order valence-electron chi connectivity index (χ1n) is 22.7. The summed E-state index contributed by atoms with van der Waals surface area (Å²) in [6, 6.07) is 0. The van der Waals surface area contributed by atoms with E-state index in [0.29, 0.717) is 32.1 Å². The molecule has 7 atom stereocenters. The Morgan fingerprint density at radius 3 is 1.97 bits per heavy atom. The lowest BCUT2D eigenvalue weighted by molar-refractivity contribution is -0.161. The van der Waals surface area contributed by atoms with Gasteiger partial charge in [-0.3, -0.25) is 23.4 Å². The molecule has 0 spiro atoms. The SMILES string of the molecule is CCCCC/C=C\C/C=C\C/C=C\CCCCCCC(=O)O[C@H](COC(=O)CCCCCC[C@H]1C(=O)C[C@@H](O)[C@@H]1/C=C/[C@@H](O)CCCCC)COP(=O)(O)OC[C@@H](O)CO. The normalized spacial score (nSPS) is 19.8. The Balaban J connectivity index is 2.44. The van der Waals surface area contributed by atoms with Crippen LogP contribution in [0.4, 0.5) is 0 Å². The molecule has 0 amide bonds. The van der Waals surface area contributed by atoms with Gasteiger partial charge in [-0.25, -0.2) is 4.57 Å². The second-order valence-corrected chi connectivity index (χ2v) is 17.3. The zero-order chi connectivity index (χ0) is 44.3. The number of allylic oxidation sites excluding steroid dienone is 6. The second kappa shape index (κ2) is 36.0. The smallest absolute Gasteiger partial charge is 0.462 e. The molecule has 0 saturated heterocycles. The molecular formula is C46H79O13P. The maximum atomic E-state index is 12.7. The number of phosphoric acid groups is 1. The van der Waals surface area contributed by atoms with Crippen LogP contribution in [0.1, 0.15) is 162 Å². The van der Waals surface area contributed by atoms with Crippen LogP contribution in [0.3, 0.4) is 0 Å². The summed E-state index contributed by atoms with van der Waals surface area (Å²) in [5.41, 5.74) is 0. The van der Waals surface area contributed by atoms with Crippen LogP contribution >= 0.6 is 7.82 Å². The number of ketones is 1. The van der Waals surface area contributed by atoms with Crippen molar-refractivity contribution in [3.05, 3.63) is 48.6 Å². The van der Waals surface area contributed by atoms with Crippen LogP contribution in [0.2, 0.25) is 0 Å². The molecule has 5 N–H and O–H groups in total. The molecule has 1 aliphatic carbocycles. The van der Waals surface area contributed by atoms with Crippen molar-refractivity contribution >= 4 is 25.5 Å². The number of rotatable bonds is 38. The summed E-state index contributed by atoms with van der Waals surface area (Å²) < 4.78 is 32.7. The van der Waals surface area contributed by atoms with E-state index in [1.54, 1.807) is 12.2 Å². The van der Waals surface area contributed by atoms with Crippen molar-refractivity contribution in [2.75, 3.05) is 26.4 Å². The molecule has 0 aromatic rings. The van der Waals surface area contributed by atoms with Crippen LogP contribution in [0, 0.1) is 11.8 Å². The quantitative estimate of drug-likeness (QED) is 0.0171. The number of ether oxygens (including phenoxy) is 2. The maximum absolute atomic E-state index is 12.7. The van der Waals surface area contributed by atoms with Gasteiger partial charge in [0, 0.05) is 31.1 Å². The Bertz CT molecular complexity index is 1300. The molecule has 1 saturated carbocycles. The molecule has 0 aliphatic heterocycles. The van der Waals surface area contributed by atoms with Crippen LogP contribution in [0.5, 0.6) is 0 Å². The summed E-state index contributed by atoms with van der Waals surface area (Å²) in [6.45, 7) is 1.95. The number of aliphatic hydroxyl groups excluding tert-OH is 4. The van der Waals surface area contributed by atoms with Crippen LogP contribution in [-0.4, -0.2) is 93.9 Å². The van der Waals surface area contributed by atoms with E-state index in [1.807, 2.05) is 0 Å². The van der Waals surface area contributed by atoms with Crippen molar-refractivity contribution in [1.29, 1.82) is 0 Å². The molecule has 1 rings (SSSR count). The third-order valence-corrected chi connectivity index (χ3v) is 11.3. The van der Waals surface area contributed by atoms with Crippen LogP contribution < -0.4 is 0 Å². The number of carbonyl (C=O) groups excluding carboxylic acids is 3. The van der Waals surface area contributed by atoms with Gasteiger partial charge in [0.15, 0.2) is 6.10 Å². The third-order valence-electron chi connectivity index (χ3n) is 10.4. The molecule has 0 radical (unpaired) electrons. The molecule has 60 heavy (non-hydrogen) atoms. The van der Waals surface area contributed by atoms with Crippen LogP contribution in [0.25, 0.3) is 0 Å². The van der Waals surface area contributed by atoms with Gasteiger partial charge in [0.1, 0.15) is 18.5 Å². The number of aliphatic hydroxyl groups is 4. The Morgan fingerprint density at radius 1 is 0.750 bits per heavy atom. The first-order valence-corrected chi connectivity index (χ1v) is 24.2. The van der Waals surface area contributed by atoms with Gasteiger partial charge in [-0.15, -0.1) is 0 Å². The van der Waals surface area contributed by atoms with Gasteiger partial charge in [0.2, 0.25) is 0 Å². The number of esters is 2. The highest BCUT2D eigenvalue weighted by atomic mass is 31.2. The lowest BCUT2D eigenvalue weighted by atomic mass is 9.88. The lowest BCUT2D eigenvalue weighted by Gasteiger charge is -2.20. The molecule has 13 nitrogen and oxygen atoms in total. The number of phosphoric ester groups is 1. The van der Waals surface area contributed by atoms with Crippen molar-refractivity contribution in [1.82, 2.24) is 0 Å². The molecule has 1 unspecified atom stereocenters. The van der Waals surface area contributed by atoms with Crippen LogP contribution in [-0.2, 0) is 37.5 Å². The molecule has 14 heteroatoms. The first-order chi connectivity index (χ1) is 28.9. The average Bonchev–Trinajstić information content (AvgIpc) is 3.49. The fourth-order valence-corrected chi connectivity index (χ4v) is 7.57. The largest absolute Gasteiger partial charge is 0.472 e. The standard InChI is InChI=1S/C46H79O13P/c1-3-5-7-8-9-10-11-12-13-14-15-16-17-18-19-20-26-30-46(53)59-40(37-58-60(54,55)57-35-39(49)34-47)36-56-45(52)29-25-22-21-24-28-41-42(44(51)33-43(41)50)32-31-38(48)27-23-6-4-2/h9-10,12-13,15-16,31-32,38-42,44,47-49,51H,3-8,11,14,17-30,33-37H2,1-2H3,(H,54,55)/b10-9-,13-12-,16-15-,32-31+/t38-,39-,40+,41+,42+,44+/m0/s1. The van der Waals surface area contributed by atoms with E-state index in [0.717, 1.165) is 77.0 Å². The van der Waals surface area contributed by atoms with Gasteiger partial charge < -0.3 is 34.8 Å². The maximum Gasteiger partial charge on any atom is 0.472 e. The minimum absolute atomic E-state index is 0.0296. The Hall–Kier alpha value is -2.48. The second-order valence-electron chi connectivity index (χ2n) is 15.8. The zero-order valence-corrected chi connectivity index (χ0v) is 37.5. The molecular weight excluding hydrogens is 791 g/mol. The summed E-state index contributed by atoms with van der Waals surface area (Å²) in [6.07, 6.45) is 31.1. The Morgan fingerprint density at radius 2 is 1.32 bits per heavy atom. The number of unbranched alkanes of at least 4 members (excludes halogenated alkanes) is 12. The summed E-state index contributed by atoms with van der Waals surface area (Å²) in [5, 5.41) is 39.1. The zero-order valence-electron chi connectivity index (χ0n) is 36.6. The monoisotopic (exact) mass is 871 g/mol. The highest BCUT2D eigenvalue weighted by molar-refractivity contribution is 7.47. The van der Waals surface area contributed by atoms with Crippen molar-refractivity contribution in [3.63, 3.8) is 0 Å². The highest BCUT2D eigenvalue weighted by Crippen LogP contribution is 2.43. The summed E-state index contributed by atoms with van der Waals surface area (Å²) in [5.74, 6) is -1.69. The molecule has 0 bridgehead atoms. The van der Waals surface area contributed by atoms with Crippen molar-refractivity contribution in [3.8, 4) is 0 Å². The molecule has 1 aliphatic rings. The van der Waals surface area contributed by atoms with Gasteiger partial charge in [0.25, 0.3) is 0 Å². The third kappa shape index (κ3) is 29.7. The van der Waals surface area contributed by atoms with E-state index in [9.17, 15) is 39.2 Å². The Kier molecular flexibility index (Phi) is 33.4. The molecule has 346 valence electrons. The van der Waals surface area contributed by atoms with E-state index >= 15 is 0 Å². The van der Waals surface area contributed by atoms with E-state index in [4.69, 9.17) is 19.1 Å². The summed E-state index contributed by atoms with van der Waals surface area (Å²) >= 11 is 0. The summed E-state index contributed by atoms with van der Waals surface area (Å²) in [4.78, 5) is 47.8. The van der Waals surface area contributed by atoms with Crippen molar-refractivity contribution in [2.45, 2.75) is 186 Å². The molecule has 0 aromatic heterocycles. The average molecular weight is 871 g/mol. The van der Waals surface area contributed by atoms with Gasteiger partial charge in [-0.1, -0.05) is 127 Å². The van der Waals surface area contributed by atoms with Gasteiger partial charge in [-0.05, 0) is 64.2 Å². The fraction of sp³-hybridized carbons (Fsp3) is 0.761. The minimum Gasteiger partial charge on any atom is -0.462 e. The van der Waals surface area contributed by atoms with E-state index in [1.165, 1.54) is 19.3 Å². The fourth-order valence-electron chi connectivity index (χ4n) is 6.78. The Labute approximate surface area is 360 Å². The van der Waals surface area contributed by atoms with Crippen molar-refractivity contribution < 1.29 is 62.8 Å².